The van der Waals surface area contributed by atoms with Gasteiger partial charge in [0.15, 0.2) is 0 Å². The van der Waals surface area contributed by atoms with Crippen molar-refractivity contribution < 1.29 is 14.6 Å². The number of aromatic nitrogens is 1. The van der Waals surface area contributed by atoms with Crippen molar-refractivity contribution in [3.05, 3.63) is 27.4 Å². The second-order valence-electron chi connectivity index (χ2n) is 9.90. The van der Waals surface area contributed by atoms with Gasteiger partial charge in [-0.2, -0.15) is 11.3 Å². The minimum Gasteiger partial charge on any atom is -0.392 e. The highest BCUT2D eigenvalue weighted by Crippen LogP contribution is 2.57. The van der Waals surface area contributed by atoms with Gasteiger partial charge >= 0.3 is 0 Å². The number of hydrogen-bond acceptors (Lipinski definition) is 6. The van der Waals surface area contributed by atoms with Gasteiger partial charge in [0.25, 0.3) is 0 Å². The maximum absolute atomic E-state index is 13.1. The number of carbonyl (C=O) groups excluding carboxylic acids is 1. The molecule has 168 valence electrons. The molecule has 5 nitrogen and oxygen atoms in total. The average molecular weight is 461 g/mol. The van der Waals surface area contributed by atoms with Crippen LogP contribution >= 0.6 is 22.7 Å². The third-order valence-electron chi connectivity index (χ3n) is 8.04. The summed E-state index contributed by atoms with van der Waals surface area (Å²) in [7, 11) is 0. The van der Waals surface area contributed by atoms with E-state index in [1.165, 1.54) is 16.1 Å². The van der Waals surface area contributed by atoms with Gasteiger partial charge in [-0.15, -0.1) is 11.3 Å². The Hall–Kier alpha value is -1.28. The van der Waals surface area contributed by atoms with Crippen LogP contribution in [0.5, 0.6) is 0 Å². The topological polar surface area (TPSA) is 62.7 Å². The van der Waals surface area contributed by atoms with Crippen LogP contribution in [-0.4, -0.2) is 53.3 Å². The first-order chi connectivity index (χ1) is 14.9. The summed E-state index contributed by atoms with van der Waals surface area (Å²) >= 11 is 3.53. The molecule has 2 aromatic rings. The summed E-state index contributed by atoms with van der Waals surface area (Å²) in [5.41, 5.74) is 2.43. The zero-order chi connectivity index (χ0) is 21.8. The van der Waals surface area contributed by atoms with E-state index in [0.717, 1.165) is 24.3 Å². The summed E-state index contributed by atoms with van der Waals surface area (Å²) in [6.45, 7) is 9.15. The fourth-order valence-electron chi connectivity index (χ4n) is 6.31. The Morgan fingerprint density at radius 2 is 2.16 bits per heavy atom. The summed E-state index contributed by atoms with van der Waals surface area (Å²) in [6.07, 6.45) is 2.46. The smallest absolute Gasteiger partial charge is 0.225 e. The number of carbonyl (C=O) groups is 1. The zero-order valence-corrected chi connectivity index (χ0v) is 20.2. The number of thiophene rings is 1. The van der Waals surface area contributed by atoms with Gasteiger partial charge in [-0.25, -0.2) is 4.98 Å². The van der Waals surface area contributed by atoms with E-state index in [2.05, 4.69) is 30.7 Å². The molecule has 7 heteroatoms. The van der Waals surface area contributed by atoms with Gasteiger partial charge in [-0.3, -0.25) is 4.79 Å². The number of amides is 1. The minimum atomic E-state index is -0.479. The van der Waals surface area contributed by atoms with E-state index in [4.69, 9.17) is 9.72 Å². The molecule has 2 fully saturated rings. The molecule has 5 rings (SSSR count). The van der Waals surface area contributed by atoms with Gasteiger partial charge < -0.3 is 14.7 Å². The second kappa shape index (κ2) is 8.25. The van der Waals surface area contributed by atoms with Crippen molar-refractivity contribution in [3.63, 3.8) is 0 Å². The molecule has 31 heavy (non-hydrogen) atoms. The van der Waals surface area contributed by atoms with Crippen molar-refractivity contribution in [1.29, 1.82) is 0 Å². The predicted molar refractivity (Wildman–Crippen MR) is 124 cm³/mol. The van der Waals surface area contributed by atoms with Gasteiger partial charge in [0, 0.05) is 40.7 Å². The van der Waals surface area contributed by atoms with Crippen LogP contribution in [-0.2, 0) is 16.0 Å². The van der Waals surface area contributed by atoms with E-state index in [-0.39, 0.29) is 35.0 Å². The van der Waals surface area contributed by atoms with Gasteiger partial charge in [0.1, 0.15) is 5.01 Å². The number of fused-ring (bicyclic) bond motifs is 2. The fourth-order valence-corrected chi connectivity index (χ4v) is 8.39. The first-order valence-electron chi connectivity index (χ1n) is 11.5. The normalized spacial score (nSPS) is 34.1. The molecule has 2 aliphatic carbocycles. The molecular weight excluding hydrogens is 428 g/mol. The molecule has 1 saturated carbocycles. The fraction of sp³-hybridized carbons (Fsp3) is 0.667. The summed E-state index contributed by atoms with van der Waals surface area (Å²) in [5.74, 6) is 0.348. The minimum absolute atomic E-state index is 0.00685. The first-order valence-corrected chi connectivity index (χ1v) is 13.2. The SMILES string of the molecule is C[C@H](C(=O)N1CCOCC1)[C@@H]1CC[C@@]2(C)Cc3sc(-c4ccsc4)nc3[C@@H](C)[C@@H]2[C@H]1O. The lowest BCUT2D eigenvalue weighted by Crippen LogP contribution is -2.54. The van der Waals surface area contributed by atoms with Crippen molar-refractivity contribution in [2.24, 2.45) is 23.2 Å². The Labute approximate surface area is 192 Å². The van der Waals surface area contributed by atoms with Crippen LogP contribution in [0.25, 0.3) is 10.6 Å². The molecule has 2 aromatic heterocycles. The predicted octanol–water partition coefficient (Wildman–Crippen LogP) is 4.42. The van der Waals surface area contributed by atoms with E-state index in [1.807, 2.05) is 23.2 Å². The van der Waals surface area contributed by atoms with Crippen molar-refractivity contribution >= 4 is 28.6 Å². The number of aliphatic hydroxyl groups excluding tert-OH is 1. The Balaban J connectivity index is 1.40. The number of ether oxygens (including phenoxy) is 1. The molecule has 3 aliphatic rings. The maximum Gasteiger partial charge on any atom is 0.225 e. The molecule has 1 N–H and O–H groups in total. The summed E-state index contributed by atoms with van der Waals surface area (Å²) in [6, 6.07) is 2.14. The molecule has 6 atom stereocenters. The van der Waals surface area contributed by atoms with E-state index >= 15 is 0 Å². The molecule has 3 heterocycles. The average Bonchev–Trinajstić information content (AvgIpc) is 3.43. The van der Waals surface area contributed by atoms with Crippen LogP contribution in [0.4, 0.5) is 0 Å². The molecule has 0 radical (unpaired) electrons. The molecule has 1 aliphatic heterocycles. The summed E-state index contributed by atoms with van der Waals surface area (Å²) in [5, 5.41) is 17.0. The molecular formula is C24H32N2O3S2. The van der Waals surface area contributed by atoms with Crippen LogP contribution in [0, 0.1) is 23.2 Å². The summed E-state index contributed by atoms with van der Waals surface area (Å²) < 4.78 is 5.41. The van der Waals surface area contributed by atoms with Crippen LogP contribution < -0.4 is 0 Å². The lowest BCUT2D eigenvalue weighted by Gasteiger charge is -2.53. The number of morpholine rings is 1. The van der Waals surface area contributed by atoms with E-state index in [1.54, 1.807) is 11.3 Å². The molecule has 0 spiro atoms. The van der Waals surface area contributed by atoms with Gasteiger partial charge in [0.2, 0.25) is 5.91 Å². The number of rotatable bonds is 3. The standard InChI is InChI=1S/C24H32N2O3S2/c1-14(23(28)26-7-9-29-10-8-26)17-4-6-24(3)12-18-20(15(2)19(24)21(17)27)25-22(31-18)16-5-11-30-13-16/h5,11,13-15,17,19,21,27H,4,6-10,12H2,1-3H3/t14-,15-,17-,19+,21-,24-/m0/s1. The van der Waals surface area contributed by atoms with Crippen molar-refractivity contribution in [3.8, 4) is 10.6 Å². The van der Waals surface area contributed by atoms with Crippen LogP contribution in [0.1, 0.15) is 50.1 Å². The van der Waals surface area contributed by atoms with Crippen LogP contribution in [0.15, 0.2) is 16.8 Å². The molecule has 0 aromatic carbocycles. The number of hydrogen-bond donors (Lipinski definition) is 1. The number of thiazole rings is 1. The number of nitrogens with zero attached hydrogens (tertiary/aromatic N) is 2. The Bertz CT molecular complexity index is 937. The van der Waals surface area contributed by atoms with Crippen LogP contribution in [0.3, 0.4) is 0 Å². The highest BCUT2D eigenvalue weighted by atomic mass is 32.1. The summed E-state index contributed by atoms with van der Waals surface area (Å²) in [4.78, 5) is 21.5. The van der Waals surface area contributed by atoms with E-state index in [9.17, 15) is 9.90 Å². The molecule has 1 saturated heterocycles. The van der Waals surface area contributed by atoms with E-state index < -0.39 is 6.10 Å². The zero-order valence-electron chi connectivity index (χ0n) is 18.5. The van der Waals surface area contributed by atoms with E-state index in [0.29, 0.717) is 26.3 Å². The quantitative estimate of drug-likeness (QED) is 0.737. The van der Waals surface area contributed by atoms with Gasteiger partial charge in [0.05, 0.1) is 25.0 Å². The van der Waals surface area contributed by atoms with Gasteiger partial charge in [-0.05, 0) is 48.0 Å². The lowest BCUT2D eigenvalue weighted by molar-refractivity contribution is -0.148. The van der Waals surface area contributed by atoms with Gasteiger partial charge in [-0.1, -0.05) is 20.8 Å². The largest absolute Gasteiger partial charge is 0.392 e. The molecule has 0 unspecified atom stereocenters. The Morgan fingerprint density at radius 1 is 1.39 bits per heavy atom. The Morgan fingerprint density at radius 3 is 2.87 bits per heavy atom. The van der Waals surface area contributed by atoms with Crippen molar-refractivity contribution in [1.82, 2.24) is 9.88 Å². The monoisotopic (exact) mass is 460 g/mol. The highest BCUT2D eigenvalue weighted by Gasteiger charge is 2.54. The maximum atomic E-state index is 13.1. The molecule has 0 bridgehead atoms. The third kappa shape index (κ3) is 3.67. The van der Waals surface area contributed by atoms with Crippen molar-refractivity contribution in [2.45, 2.75) is 52.1 Å². The second-order valence-corrected chi connectivity index (χ2v) is 11.8. The third-order valence-corrected chi connectivity index (χ3v) is 9.85. The Kier molecular flexibility index (Phi) is 5.74. The molecule has 1 amide bonds. The highest BCUT2D eigenvalue weighted by molar-refractivity contribution is 7.15. The lowest BCUT2D eigenvalue weighted by atomic mass is 9.53. The van der Waals surface area contributed by atoms with Crippen molar-refractivity contribution in [2.75, 3.05) is 26.3 Å². The first kappa shape index (κ1) is 21.6. The number of aliphatic hydroxyl groups is 1. The van der Waals surface area contributed by atoms with Crippen LogP contribution in [0.2, 0.25) is 0 Å².